The Bertz CT molecular complexity index is 312. The van der Waals surface area contributed by atoms with Crippen LogP contribution in [0.4, 0.5) is 0 Å². The lowest BCUT2D eigenvalue weighted by molar-refractivity contribution is 0.100. The fraction of sp³-hybridized carbons (Fsp3) is 0.125. The number of rotatable bonds is 2. The average molecular weight is 230 g/mol. The van der Waals surface area contributed by atoms with Gasteiger partial charge in [0, 0.05) is 10.0 Å². The molecule has 0 heterocycles. The van der Waals surface area contributed by atoms with Gasteiger partial charge in [-0.3, -0.25) is 4.79 Å². The number of carbonyl (C=O) groups is 1. The van der Waals surface area contributed by atoms with Gasteiger partial charge in [0.05, 0.1) is 6.54 Å². The summed E-state index contributed by atoms with van der Waals surface area (Å²) < 4.78 is 0.649. The van der Waals surface area contributed by atoms with E-state index >= 15 is 0 Å². The van der Waals surface area contributed by atoms with Crippen molar-refractivity contribution in [3.63, 3.8) is 0 Å². The van der Waals surface area contributed by atoms with Crippen molar-refractivity contribution in [3.8, 4) is 5.75 Å². The maximum absolute atomic E-state index is 11.1. The molecule has 0 saturated carbocycles. The van der Waals surface area contributed by atoms with Crippen molar-refractivity contribution >= 4 is 21.7 Å². The van der Waals surface area contributed by atoms with Crippen molar-refractivity contribution in [1.82, 2.24) is 0 Å². The summed E-state index contributed by atoms with van der Waals surface area (Å²) in [5.41, 5.74) is 5.59. The molecular weight excluding hydrogens is 222 g/mol. The number of aromatic hydroxyl groups is 1. The smallest absolute Gasteiger partial charge is 0.177 e. The highest BCUT2D eigenvalue weighted by Gasteiger charge is 2.08. The van der Waals surface area contributed by atoms with Crippen molar-refractivity contribution in [2.75, 3.05) is 6.54 Å². The summed E-state index contributed by atoms with van der Waals surface area (Å²) in [7, 11) is 0. The van der Waals surface area contributed by atoms with Crippen LogP contribution < -0.4 is 5.73 Å². The van der Waals surface area contributed by atoms with Crippen LogP contribution in [0.5, 0.6) is 5.75 Å². The predicted octanol–water partition coefficient (Wildman–Crippen LogP) is 1.30. The minimum atomic E-state index is -0.197. The monoisotopic (exact) mass is 229 g/mol. The van der Waals surface area contributed by atoms with Gasteiger partial charge in [0.1, 0.15) is 5.75 Å². The number of nitrogens with two attached hydrogens (primary N) is 1. The number of phenolic OH excluding ortho intramolecular Hbond substituents is 1. The molecule has 12 heavy (non-hydrogen) atoms. The first-order chi connectivity index (χ1) is 5.65. The van der Waals surface area contributed by atoms with E-state index in [0.717, 1.165) is 0 Å². The molecule has 1 aromatic carbocycles. The molecule has 1 rings (SSSR count). The number of ketones is 1. The van der Waals surface area contributed by atoms with Crippen LogP contribution in [0.2, 0.25) is 0 Å². The standard InChI is InChI=1S/C8H8BrNO2/c9-7-2-1-5(11)3-6(7)8(12)4-10/h1-3,11H,4,10H2. The molecule has 0 aromatic heterocycles. The minimum Gasteiger partial charge on any atom is -0.508 e. The fourth-order valence-corrected chi connectivity index (χ4v) is 1.30. The second kappa shape index (κ2) is 3.69. The third-order valence-electron chi connectivity index (χ3n) is 1.44. The minimum absolute atomic E-state index is 0.0535. The molecule has 0 aliphatic heterocycles. The molecule has 64 valence electrons. The van der Waals surface area contributed by atoms with E-state index in [-0.39, 0.29) is 18.1 Å². The molecule has 0 amide bonds. The number of hydrogen-bond acceptors (Lipinski definition) is 3. The van der Waals surface area contributed by atoms with Gasteiger partial charge >= 0.3 is 0 Å². The van der Waals surface area contributed by atoms with Crippen LogP contribution in [0.25, 0.3) is 0 Å². The van der Waals surface area contributed by atoms with E-state index in [0.29, 0.717) is 10.0 Å². The number of hydrogen-bond donors (Lipinski definition) is 2. The molecule has 0 unspecified atom stereocenters. The van der Waals surface area contributed by atoms with Gasteiger partial charge in [0.25, 0.3) is 0 Å². The van der Waals surface area contributed by atoms with Gasteiger partial charge < -0.3 is 10.8 Å². The molecule has 0 aliphatic rings. The lowest BCUT2D eigenvalue weighted by atomic mass is 10.1. The zero-order valence-electron chi connectivity index (χ0n) is 6.25. The van der Waals surface area contributed by atoms with Crippen molar-refractivity contribution in [3.05, 3.63) is 28.2 Å². The molecule has 0 fully saturated rings. The third-order valence-corrected chi connectivity index (χ3v) is 2.13. The number of Topliss-reactive ketones (excluding diaryl/α,β-unsaturated/α-hetero) is 1. The van der Waals surface area contributed by atoms with E-state index in [9.17, 15) is 4.79 Å². The Labute approximate surface area is 78.3 Å². The molecule has 0 radical (unpaired) electrons. The van der Waals surface area contributed by atoms with E-state index in [4.69, 9.17) is 10.8 Å². The van der Waals surface area contributed by atoms with Crippen LogP contribution in [0.15, 0.2) is 22.7 Å². The van der Waals surface area contributed by atoms with Crippen LogP contribution >= 0.6 is 15.9 Å². The maximum atomic E-state index is 11.1. The predicted molar refractivity (Wildman–Crippen MR) is 49.2 cm³/mol. The fourth-order valence-electron chi connectivity index (χ4n) is 0.837. The lowest BCUT2D eigenvalue weighted by Crippen LogP contribution is -2.13. The van der Waals surface area contributed by atoms with Crippen LogP contribution in [-0.4, -0.2) is 17.4 Å². The highest BCUT2D eigenvalue weighted by molar-refractivity contribution is 9.10. The number of carbonyl (C=O) groups excluding carboxylic acids is 1. The number of halogens is 1. The third kappa shape index (κ3) is 1.84. The summed E-state index contributed by atoms with van der Waals surface area (Å²) in [5.74, 6) is -0.132. The normalized spacial score (nSPS) is 9.83. The first kappa shape index (κ1) is 9.22. The van der Waals surface area contributed by atoms with Crippen LogP contribution in [0, 0.1) is 0 Å². The van der Waals surface area contributed by atoms with E-state index in [1.807, 2.05) is 0 Å². The second-order valence-corrected chi connectivity index (χ2v) is 3.15. The van der Waals surface area contributed by atoms with Crippen molar-refractivity contribution in [2.45, 2.75) is 0 Å². The Morgan fingerprint density at radius 2 is 2.25 bits per heavy atom. The van der Waals surface area contributed by atoms with Crippen molar-refractivity contribution in [2.24, 2.45) is 5.73 Å². The highest BCUT2D eigenvalue weighted by atomic mass is 79.9. The van der Waals surface area contributed by atoms with E-state index in [2.05, 4.69) is 15.9 Å². The van der Waals surface area contributed by atoms with Gasteiger partial charge in [-0.05, 0) is 18.2 Å². The quantitative estimate of drug-likeness (QED) is 0.752. The number of phenols is 1. The Morgan fingerprint density at radius 1 is 1.58 bits per heavy atom. The first-order valence-corrected chi connectivity index (χ1v) is 4.16. The van der Waals surface area contributed by atoms with Gasteiger partial charge in [-0.1, -0.05) is 15.9 Å². The first-order valence-electron chi connectivity index (χ1n) is 3.37. The second-order valence-electron chi connectivity index (χ2n) is 2.29. The molecule has 0 atom stereocenters. The summed E-state index contributed by atoms with van der Waals surface area (Å²) >= 11 is 3.18. The van der Waals surface area contributed by atoms with Gasteiger partial charge in [-0.25, -0.2) is 0 Å². The Hall–Kier alpha value is -0.870. The summed E-state index contributed by atoms with van der Waals surface area (Å²) in [4.78, 5) is 11.1. The molecule has 1 aromatic rings. The highest BCUT2D eigenvalue weighted by Crippen LogP contribution is 2.21. The Morgan fingerprint density at radius 3 is 2.83 bits per heavy atom. The molecular formula is C8H8BrNO2. The zero-order valence-corrected chi connectivity index (χ0v) is 7.84. The van der Waals surface area contributed by atoms with E-state index in [1.54, 1.807) is 6.07 Å². The summed E-state index contributed by atoms with van der Waals surface area (Å²) in [6.45, 7) is -0.0535. The summed E-state index contributed by atoms with van der Waals surface area (Å²) in [6.07, 6.45) is 0. The van der Waals surface area contributed by atoms with Crippen molar-refractivity contribution in [1.29, 1.82) is 0 Å². The van der Waals surface area contributed by atoms with Crippen molar-refractivity contribution < 1.29 is 9.90 Å². The van der Waals surface area contributed by atoms with Gasteiger partial charge in [0.2, 0.25) is 0 Å². The van der Waals surface area contributed by atoms with Crippen LogP contribution in [0.1, 0.15) is 10.4 Å². The topological polar surface area (TPSA) is 63.3 Å². The molecule has 0 saturated heterocycles. The average Bonchev–Trinajstić information content (AvgIpc) is 2.08. The van der Waals surface area contributed by atoms with Crippen LogP contribution in [-0.2, 0) is 0 Å². The van der Waals surface area contributed by atoms with Crippen LogP contribution in [0.3, 0.4) is 0 Å². The van der Waals surface area contributed by atoms with E-state index in [1.165, 1.54) is 12.1 Å². The number of benzene rings is 1. The largest absolute Gasteiger partial charge is 0.508 e. The molecule has 3 nitrogen and oxygen atoms in total. The van der Waals surface area contributed by atoms with Gasteiger partial charge in [-0.2, -0.15) is 0 Å². The molecule has 4 heteroatoms. The zero-order chi connectivity index (χ0) is 9.14. The molecule has 3 N–H and O–H groups in total. The molecule has 0 bridgehead atoms. The Kier molecular flexibility index (Phi) is 2.83. The summed E-state index contributed by atoms with van der Waals surface area (Å²) in [5, 5.41) is 9.07. The SMILES string of the molecule is NCC(=O)c1cc(O)ccc1Br. The maximum Gasteiger partial charge on any atom is 0.177 e. The summed E-state index contributed by atoms with van der Waals surface area (Å²) in [6, 6.07) is 4.49. The lowest BCUT2D eigenvalue weighted by Gasteiger charge is -2.01. The van der Waals surface area contributed by atoms with Gasteiger partial charge in [-0.15, -0.1) is 0 Å². The van der Waals surface area contributed by atoms with Gasteiger partial charge in [0.15, 0.2) is 5.78 Å². The van der Waals surface area contributed by atoms with E-state index < -0.39 is 0 Å². The molecule has 0 aliphatic carbocycles. The Balaban J connectivity index is 3.13. The molecule has 0 spiro atoms.